The molecule has 0 radical (unpaired) electrons. The van der Waals surface area contributed by atoms with Crippen molar-refractivity contribution in [3.05, 3.63) is 52.7 Å². The van der Waals surface area contributed by atoms with E-state index < -0.39 is 0 Å². The van der Waals surface area contributed by atoms with Crippen molar-refractivity contribution in [1.82, 2.24) is 9.55 Å². The Morgan fingerprint density at radius 1 is 1.37 bits per heavy atom. The summed E-state index contributed by atoms with van der Waals surface area (Å²) in [6.07, 6.45) is 1.75. The second kappa shape index (κ2) is 4.66. The van der Waals surface area contributed by atoms with Crippen molar-refractivity contribution in [2.24, 2.45) is 7.05 Å². The molecule has 0 fully saturated rings. The minimum Gasteiger partial charge on any atom is -0.457 e. The van der Waals surface area contributed by atoms with Gasteiger partial charge in [0.1, 0.15) is 5.82 Å². The zero-order valence-electron chi connectivity index (χ0n) is 10.3. The number of nitrogens with zero attached hydrogens (tertiary/aromatic N) is 2. The Hall–Kier alpha value is -1.88. The topological polar surface area (TPSA) is 48.0 Å². The average molecular weight is 319 g/mol. The van der Waals surface area contributed by atoms with Crippen LogP contribution in [-0.2, 0) is 13.5 Å². The second-order valence-electron chi connectivity index (χ2n) is 4.28. The van der Waals surface area contributed by atoms with E-state index >= 15 is 0 Å². The van der Waals surface area contributed by atoms with E-state index in [1.54, 1.807) is 6.07 Å². The Balaban J connectivity index is 1.96. The van der Waals surface area contributed by atoms with Crippen LogP contribution in [0.1, 0.15) is 16.2 Å². The number of hydrogen-bond acceptors (Lipinski definition) is 3. The molecule has 96 valence electrons. The molecule has 0 N–H and O–H groups in total. The number of benzene rings is 1. The number of furan rings is 1. The molecule has 19 heavy (non-hydrogen) atoms. The standard InChI is InChI=1S/C14H11BrN2O2/c1-17-11-5-3-2-4-10(11)16-13(17)8-12(18)9-6-7-19-14(9)15/h2-7H,8H2,1H3. The number of aryl methyl sites for hydroxylation is 1. The lowest BCUT2D eigenvalue weighted by atomic mass is 10.1. The number of fused-ring (bicyclic) bond motifs is 1. The quantitative estimate of drug-likeness (QED) is 0.696. The van der Waals surface area contributed by atoms with E-state index in [1.807, 2.05) is 35.9 Å². The third-order valence-electron chi connectivity index (χ3n) is 3.12. The van der Waals surface area contributed by atoms with Crippen LogP contribution in [-0.4, -0.2) is 15.3 Å². The van der Waals surface area contributed by atoms with Gasteiger partial charge in [-0.15, -0.1) is 0 Å². The molecule has 0 aliphatic rings. The van der Waals surface area contributed by atoms with Gasteiger partial charge in [-0.1, -0.05) is 12.1 Å². The molecule has 3 rings (SSSR count). The predicted molar refractivity (Wildman–Crippen MR) is 75.2 cm³/mol. The van der Waals surface area contributed by atoms with E-state index in [0.29, 0.717) is 10.2 Å². The summed E-state index contributed by atoms with van der Waals surface area (Å²) in [6.45, 7) is 0. The summed E-state index contributed by atoms with van der Waals surface area (Å²) in [7, 11) is 1.92. The third kappa shape index (κ3) is 2.10. The van der Waals surface area contributed by atoms with Gasteiger partial charge in [0.2, 0.25) is 0 Å². The number of Topliss-reactive ketones (excluding diaryl/α,β-unsaturated/α-hetero) is 1. The van der Waals surface area contributed by atoms with Crippen LogP contribution in [0.3, 0.4) is 0 Å². The van der Waals surface area contributed by atoms with Crippen LogP contribution < -0.4 is 0 Å². The van der Waals surface area contributed by atoms with Crippen LogP contribution in [0.25, 0.3) is 11.0 Å². The molecule has 0 unspecified atom stereocenters. The van der Waals surface area contributed by atoms with E-state index in [1.165, 1.54) is 6.26 Å². The van der Waals surface area contributed by atoms with Crippen LogP contribution in [0.5, 0.6) is 0 Å². The van der Waals surface area contributed by atoms with Gasteiger partial charge in [-0.3, -0.25) is 4.79 Å². The van der Waals surface area contributed by atoms with Gasteiger partial charge in [0.05, 0.1) is 29.3 Å². The second-order valence-corrected chi connectivity index (χ2v) is 5.00. The summed E-state index contributed by atoms with van der Waals surface area (Å²) in [5.74, 6) is 0.735. The number of carbonyl (C=O) groups excluding carboxylic acids is 1. The molecule has 3 aromatic rings. The van der Waals surface area contributed by atoms with E-state index in [9.17, 15) is 4.79 Å². The van der Waals surface area contributed by atoms with Crippen molar-refractivity contribution in [3.8, 4) is 0 Å². The Labute approximate surface area is 118 Å². The van der Waals surface area contributed by atoms with E-state index in [2.05, 4.69) is 20.9 Å². The lowest BCUT2D eigenvalue weighted by molar-refractivity contribution is 0.0988. The fourth-order valence-electron chi connectivity index (χ4n) is 2.09. The molecule has 0 aliphatic carbocycles. The van der Waals surface area contributed by atoms with Gasteiger partial charge in [0.15, 0.2) is 10.5 Å². The van der Waals surface area contributed by atoms with Gasteiger partial charge >= 0.3 is 0 Å². The SMILES string of the molecule is Cn1c(CC(=O)c2ccoc2Br)nc2ccccc21. The fraction of sp³-hybridized carbons (Fsp3) is 0.143. The average Bonchev–Trinajstić information content (AvgIpc) is 2.95. The first-order valence-electron chi connectivity index (χ1n) is 5.83. The van der Waals surface area contributed by atoms with Crippen LogP contribution in [0.4, 0.5) is 0 Å². The summed E-state index contributed by atoms with van der Waals surface area (Å²) in [4.78, 5) is 16.7. The number of hydrogen-bond donors (Lipinski definition) is 0. The third-order valence-corrected chi connectivity index (χ3v) is 3.73. The molecule has 0 spiro atoms. The highest BCUT2D eigenvalue weighted by Crippen LogP contribution is 2.21. The molecule has 0 aliphatic heterocycles. The van der Waals surface area contributed by atoms with Gasteiger partial charge in [0.25, 0.3) is 0 Å². The Kier molecular flexibility index (Phi) is 2.98. The summed E-state index contributed by atoms with van der Waals surface area (Å²) in [5.41, 5.74) is 2.47. The van der Waals surface area contributed by atoms with E-state index in [0.717, 1.165) is 16.9 Å². The first kappa shape index (κ1) is 12.2. The number of ketones is 1. The molecular formula is C14H11BrN2O2. The van der Waals surface area contributed by atoms with Crippen LogP contribution in [0, 0.1) is 0 Å². The smallest absolute Gasteiger partial charge is 0.179 e. The number of aromatic nitrogens is 2. The largest absolute Gasteiger partial charge is 0.457 e. The maximum Gasteiger partial charge on any atom is 0.179 e. The maximum atomic E-state index is 12.2. The minimum atomic E-state index is -0.0148. The lowest BCUT2D eigenvalue weighted by Crippen LogP contribution is -2.08. The molecular weight excluding hydrogens is 308 g/mol. The van der Waals surface area contributed by atoms with Gasteiger partial charge in [-0.2, -0.15) is 0 Å². The number of carbonyl (C=O) groups is 1. The molecule has 4 nitrogen and oxygen atoms in total. The first-order chi connectivity index (χ1) is 9.16. The number of imidazole rings is 1. The summed E-state index contributed by atoms with van der Waals surface area (Å²) < 4.78 is 7.50. The Morgan fingerprint density at radius 3 is 2.84 bits per heavy atom. The molecule has 0 saturated carbocycles. The highest BCUT2D eigenvalue weighted by atomic mass is 79.9. The molecule has 0 bridgehead atoms. The van der Waals surface area contributed by atoms with Crippen LogP contribution >= 0.6 is 15.9 Å². The van der Waals surface area contributed by atoms with Crippen molar-refractivity contribution in [1.29, 1.82) is 0 Å². The van der Waals surface area contributed by atoms with Gasteiger partial charge in [-0.05, 0) is 34.1 Å². The molecule has 1 aromatic carbocycles. The van der Waals surface area contributed by atoms with E-state index in [-0.39, 0.29) is 12.2 Å². The van der Waals surface area contributed by atoms with Crippen molar-refractivity contribution in [2.45, 2.75) is 6.42 Å². The molecule has 2 aromatic heterocycles. The van der Waals surface area contributed by atoms with Crippen molar-refractivity contribution < 1.29 is 9.21 Å². The van der Waals surface area contributed by atoms with Crippen molar-refractivity contribution >= 4 is 32.7 Å². The molecule has 0 saturated heterocycles. The molecule has 0 atom stereocenters. The van der Waals surface area contributed by atoms with Gasteiger partial charge < -0.3 is 8.98 Å². The predicted octanol–water partition coefficient (Wildman–Crippen LogP) is 3.35. The van der Waals surface area contributed by atoms with Gasteiger partial charge in [-0.25, -0.2) is 4.98 Å². The first-order valence-corrected chi connectivity index (χ1v) is 6.62. The van der Waals surface area contributed by atoms with Crippen LogP contribution in [0.15, 0.2) is 45.7 Å². The zero-order valence-corrected chi connectivity index (χ0v) is 11.8. The summed E-state index contributed by atoms with van der Waals surface area (Å²) in [5, 5.41) is 0. The van der Waals surface area contributed by atoms with Crippen LogP contribution in [0.2, 0.25) is 0 Å². The molecule has 0 amide bonds. The normalized spacial score (nSPS) is 11.1. The fourth-order valence-corrected chi connectivity index (χ4v) is 2.55. The van der Waals surface area contributed by atoms with Crippen molar-refractivity contribution in [3.63, 3.8) is 0 Å². The summed E-state index contributed by atoms with van der Waals surface area (Å²) >= 11 is 3.22. The minimum absolute atomic E-state index is 0.0148. The van der Waals surface area contributed by atoms with E-state index in [4.69, 9.17) is 4.42 Å². The number of para-hydroxylation sites is 2. The zero-order chi connectivity index (χ0) is 13.4. The highest BCUT2D eigenvalue weighted by Gasteiger charge is 2.16. The summed E-state index contributed by atoms with van der Waals surface area (Å²) in [6, 6.07) is 9.49. The number of halogens is 1. The Morgan fingerprint density at radius 2 is 2.16 bits per heavy atom. The molecule has 5 heteroatoms. The van der Waals surface area contributed by atoms with Crippen molar-refractivity contribution in [2.75, 3.05) is 0 Å². The number of rotatable bonds is 3. The molecule has 2 heterocycles. The monoisotopic (exact) mass is 318 g/mol. The van der Waals surface area contributed by atoms with Gasteiger partial charge in [0, 0.05) is 7.05 Å². The highest BCUT2D eigenvalue weighted by molar-refractivity contribution is 9.10. The maximum absolute atomic E-state index is 12.2. The lowest BCUT2D eigenvalue weighted by Gasteiger charge is -2.01. The Bertz CT molecular complexity index is 758.